The summed E-state index contributed by atoms with van der Waals surface area (Å²) in [5, 5.41) is 17.1. The van der Waals surface area contributed by atoms with E-state index in [1.807, 2.05) is 43.3 Å². The van der Waals surface area contributed by atoms with E-state index >= 15 is 0 Å². The Hall–Kier alpha value is -2.97. The minimum absolute atomic E-state index is 0.0542. The number of aromatic nitrogens is 4. The number of ether oxygens (including phenoxy) is 1. The summed E-state index contributed by atoms with van der Waals surface area (Å²) in [5.74, 6) is 1.88. The van der Waals surface area contributed by atoms with E-state index in [1.54, 1.807) is 4.68 Å². The van der Waals surface area contributed by atoms with E-state index < -0.39 is 0 Å². The topological polar surface area (TPSA) is 85.2 Å². The summed E-state index contributed by atoms with van der Waals surface area (Å²) in [6.45, 7) is 4.92. The molecular weight excluding hydrogens is 404 g/mol. The molecule has 1 saturated heterocycles. The van der Waals surface area contributed by atoms with Crippen LogP contribution in [0.25, 0.3) is 5.82 Å². The van der Waals surface area contributed by atoms with Crippen LogP contribution < -0.4 is 10.2 Å². The van der Waals surface area contributed by atoms with Crippen molar-refractivity contribution in [1.82, 2.24) is 20.0 Å². The van der Waals surface area contributed by atoms with Crippen LogP contribution in [0.4, 0.5) is 11.6 Å². The molecule has 1 atom stereocenters. The molecule has 2 aliphatic rings. The number of anilines is 2. The summed E-state index contributed by atoms with van der Waals surface area (Å²) in [6.07, 6.45) is 0.364. The second-order valence-electron chi connectivity index (χ2n) is 7.47. The van der Waals surface area contributed by atoms with Gasteiger partial charge in [0.1, 0.15) is 5.82 Å². The summed E-state index contributed by atoms with van der Waals surface area (Å²) < 4.78 is 7.06. The number of hydrogen-bond acceptors (Lipinski definition) is 6. The molecule has 0 bridgehead atoms. The van der Waals surface area contributed by atoms with Crippen LogP contribution in [0, 0.1) is 6.92 Å². The van der Waals surface area contributed by atoms with Gasteiger partial charge in [-0.2, -0.15) is 9.78 Å². The van der Waals surface area contributed by atoms with Crippen LogP contribution in [-0.4, -0.2) is 52.2 Å². The van der Waals surface area contributed by atoms with Crippen LogP contribution in [0.3, 0.4) is 0 Å². The Labute approximate surface area is 178 Å². The van der Waals surface area contributed by atoms with Gasteiger partial charge in [0.15, 0.2) is 11.6 Å². The summed E-state index contributed by atoms with van der Waals surface area (Å²) >= 11 is 6.04. The Morgan fingerprint density at radius 2 is 1.77 bits per heavy atom. The first-order valence-electron chi connectivity index (χ1n) is 9.92. The maximum absolute atomic E-state index is 12.5. The fourth-order valence-electron chi connectivity index (χ4n) is 4.08. The molecule has 0 saturated carbocycles. The zero-order valence-corrected chi connectivity index (χ0v) is 17.3. The number of hydrogen-bond donors (Lipinski definition) is 1. The summed E-state index contributed by atoms with van der Waals surface area (Å²) in [5.41, 5.74) is 2.88. The van der Waals surface area contributed by atoms with Crippen molar-refractivity contribution in [3.05, 3.63) is 58.2 Å². The highest BCUT2D eigenvalue weighted by atomic mass is 35.5. The van der Waals surface area contributed by atoms with Gasteiger partial charge in [0.2, 0.25) is 5.91 Å². The van der Waals surface area contributed by atoms with Gasteiger partial charge >= 0.3 is 0 Å². The molecule has 30 heavy (non-hydrogen) atoms. The highest BCUT2D eigenvalue weighted by Crippen LogP contribution is 2.40. The van der Waals surface area contributed by atoms with Gasteiger partial charge in [-0.25, -0.2) is 0 Å². The first kappa shape index (κ1) is 19.0. The normalized spacial score (nSPS) is 18.8. The average molecular weight is 425 g/mol. The van der Waals surface area contributed by atoms with Crippen molar-refractivity contribution in [2.45, 2.75) is 19.3 Å². The van der Waals surface area contributed by atoms with Crippen molar-refractivity contribution in [2.75, 3.05) is 36.5 Å². The lowest BCUT2D eigenvalue weighted by atomic mass is 9.86. The molecule has 0 radical (unpaired) electrons. The van der Waals surface area contributed by atoms with Crippen molar-refractivity contribution in [3.63, 3.8) is 0 Å². The first-order chi connectivity index (χ1) is 14.6. The highest BCUT2D eigenvalue weighted by molar-refractivity contribution is 6.30. The number of aryl methyl sites for hydroxylation is 1. The molecule has 3 aromatic rings. The Bertz CT molecular complexity index is 1070. The van der Waals surface area contributed by atoms with Crippen LogP contribution in [0.5, 0.6) is 0 Å². The van der Waals surface area contributed by atoms with Crippen LogP contribution in [0.2, 0.25) is 5.02 Å². The number of morpholine rings is 1. The number of benzene rings is 1. The molecule has 1 amide bonds. The molecule has 9 heteroatoms. The average Bonchev–Trinajstić information content (AvgIpc) is 3.10. The molecule has 2 aliphatic heterocycles. The third-order valence-electron chi connectivity index (χ3n) is 5.56. The zero-order chi connectivity index (χ0) is 20.7. The van der Waals surface area contributed by atoms with Gasteiger partial charge in [-0.05, 0) is 36.8 Å². The molecule has 2 aromatic heterocycles. The van der Waals surface area contributed by atoms with Crippen LogP contribution in [0.1, 0.15) is 29.2 Å². The van der Waals surface area contributed by atoms with Gasteiger partial charge in [0.25, 0.3) is 0 Å². The van der Waals surface area contributed by atoms with Crippen LogP contribution >= 0.6 is 11.6 Å². The van der Waals surface area contributed by atoms with Gasteiger partial charge < -0.3 is 15.0 Å². The van der Waals surface area contributed by atoms with Gasteiger partial charge in [-0.15, -0.1) is 10.2 Å². The predicted molar refractivity (Wildman–Crippen MR) is 113 cm³/mol. The van der Waals surface area contributed by atoms with Crippen LogP contribution in [-0.2, 0) is 9.53 Å². The second kappa shape index (κ2) is 7.70. The molecule has 0 spiro atoms. The molecule has 8 nitrogen and oxygen atoms in total. The van der Waals surface area contributed by atoms with E-state index in [4.69, 9.17) is 16.3 Å². The lowest BCUT2D eigenvalue weighted by Crippen LogP contribution is -2.36. The van der Waals surface area contributed by atoms with Gasteiger partial charge in [0, 0.05) is 36.0 Å². The van der Waals surface area contributed by atoms with Gasteiger partial charge in [-0.3, -0.25) is 4.79 Å². The Morgan fingerprint density at radius 3 is 2.47 bits per heavy atom. The second-order valence-corrected chi connectivity index (χ2v) is 7.90. The molecule has 1 aromatic carbocycles. The molecule has 1 fully saturated rings. The fraction of sp³-hybridized carbons (Fsp3) is 0.333. The van der Waals surface area contributed by atoms with E-state index in [9.17, 15) is 4.79 Å². The summed E-state index contributed by atoms with van der Waals surface area (Å²) in [6, 6.07) is 11.4. The van der Waals surface area contributed by atoms with E-state index in [2.05, 4.69) is 25.5 Å². The molecule has 0 aliphatic carbocycles. The summed E-state index contributed by atoms with van der Waals surface area (Å²) in [4.78, 5) is 14.6. The molecule has 5 rings (SSSR count). The van der Waals surface area contributed by atoms with Crippen LogP contribution in [0.15, 0.2) is 36.4 Å². The lowest BCUT2D eigenvalue weighted by Gasteiger charge is -2.27. The molecule has 154 valence electrons. The number of halogens is 1. The summed E-state index contributed by atoms with van der Waals surface area (Å²) in [7, 11) is 0. The van der Waals surface area contributed by atoms with E-state index in [0.29, 0.717) is 36.3 Å². The van der Waals surface area contributed by atoms with Crippen molar-refractivity contribution < 1.29 is 9.53 Å². The molecular formula is C21H21ClN6O2. The van der Waals surface area contributed by atoms with Crippen molar-refractivity contribution >= 4 is 29.1 Å². The number of fused-ring (bicyclic) bond motifs is 1. The largest absolute Gasteiger partial charge is 0.378 e. The highest BCUT2D eigenvalue weighted by Gasteiger charge is 2.33. The Balaban J connectivity index is 1.51. The zero-order valence-electron chi connectivity index (χ0n) is 16.5. The monoisotopic (exact) mass is 424 g/mol. The Kier molecular flexibility index (Phi) is 4.88. The third kappa shape index (κ3) is 3.42. The standard InChI is InChI=1S/C21H21ClN6O2/c1-13-20-16(14-2-4-15(22)5-3-14)12-19(29)23-21(20)28(26-13)18-7-6-17(24-25-18)27-8-10-30-11-9-27/h2-7,16H,8-12H2,1H3,(H,23,29)/t16-/m0/s1. The Morgan fingerprint density at radius 1 is 1.07 bits per heavy atom. The number of nitrogens with zero attached hydrogens (tertiary/aromatic N) is 5. The predicted octanol–water partition coefficient (Wildman–Crippen LogP) is 2.93. The fourth-order valence-corrected chi connectivity index (χ4v) is 4.21. The lowest BCUT2D eigenvalue weighted by molar-refractivity contribution is -0.116. The van der Waals surface area contributed by atoms with E-state index in [-0.39, 0.29) is 11.8 Å². The van der Waals surface area contributed by atoms with E-state index in [1.165, 1.54) is 0 Å². The number of carbonyl (C=O) groups is 1. The minimum atomic E-state index is -0.0830. The van der Waals surface area contributed by atoms with Crippen molar-refractivity contribution in [3.8, 4) is 5.82 Å². The van der Waals surface area contributed by atoms with Crippen molar-refractivity contribution in [2.24, 2.45) is 0 Å². The SMILES string of the molecule is Cc1nn(-c2ccc(N3CCOCC3)nn2)c2c1[C@H](c1ccc(Cl)cc1)CC(=O)N2. The smallest absolute Gasteiger partial charge is 0.226 e. The van der Waals surface area contributed by atoms with Gasteiger partial charge in [-0.1, -0.05) is 23.7 Å². The number of carbonyl (C=O) groups excluding carboxylic acids is 1. The third-order valence-corrected chi connectivity index (χ3v) is 5.82. The quantitative estimate of drug-likeness (QED) is 0.695. The van der Waals surface area contributed by atoms with Gasteiger partial charge in [0.05, 0.1) is 18.9 Å². The molecule has 0 unspecified atom stereocenters. The maximum atomic E-state index is 12.5. The molecule has 4 heterocycles. The number of nitrogens with one attached hydrogen (secondary N) is 1. The number of rotatable bonds is 3. The first-order valence-corrected chi connectivity index (χ1v) is 10.3. The number of amides is 1. The molecule has 1 N–H and O–H groups in total. The maximum Gasteiger partial charge on any atom is 0.226 e. The minimum Gasteiger partial charge on any atom is -0.378 e. The van der Waals surface area contributed by atoms with E-state index in [0.717, 1.165) is 35.7 Å². The van der Waals surface area contributed by atoms with Crippen molar-refractivity contribution in [1.29, 1.82) is 0 Å².